The first-order chi connectivity index (χ1) is 20.0. The molecule has 9 nitrogen and oxygen atoms in total. The molecule has 0 bridgehead atoms. The van der Waals surface area contributed by atoms with Gasteiger partial charge in [0, 0.05) is 67.3 Å². The lowest BCUT2D eigenvalue weighted by atomic mass is 9.89. The summed E-state index contributed by atoms with van der Waals surface area (Å²) in [5, 5.41) is 5.31. The van der Waals surface area contributed by atoms with E-state index in [1.165, 1.54) is 44.6 Å². The van der Waals surface area contributed by atoms with E-state index in [0.717, 1.165) is 51.6 Å². The van der Waals surface area contributed by atoms with Crippen molar-refractivity contribution in [2.24, 2.45) is 0 Å². The molecule has 2 aliphatic rings. The van der Waals surface area contributed by atoms with Crippen molar-refractivity contribution in [2.75, 3.05) is 44.3 Å². The van der Waals surface area contributed by atoms with E-state index in [0.29, 0.717) is 23.8 Å². The average Bonchev–Trinajstić information content (AvgIpc) is 3.39. The Morgan fingerprint density at radius 2 is 1.63 bits per heavy atom. The van der Waals surface area contributed by atoms with Crippen LogP contribution in [0.25, 0.3) is 33.1 Å². The molecule has 0 radical (unpaired) electrons. The van der Waals surface area contributed by atoms with Crippen molar-refractivity contribution in [2.45, 2.75) is 44.7 Å². The fourth-order valence-electron chi connectivity index (χ4n) is 6.57. The Bertz CT molecular complexity index is 1680. The molecule has 4 heterocycles. The number of hydrogen-bond donors (Lipinski definition) is 2. The molecule has 0 unspecified atom stereocenters. The Morgan fingerprint density at radius 3 is 2.41 bits per heavy atom. The summed E-state index contributed by atoms with van der Waals surface area (Å²) < 4.78 is 2.36. The summed E-state index contributed by atoms with van der Waals surface area (Å²) in [6.45, 7) is 6.79. The maximum Gasteiger partial charge on any atom is 0.227 e. The van der Waals surface area contributed by atoms with E-state index in [1.807, 2.05) is 12.3 Å². The van der Waals surface area contributed by atoms with Crippen LogP contribution in [0.2, 0.25) is 0 Å². The Hall–Kier alpha value is -4.08. The van der Waals surface area contributed by atoms with E-state index in [9.17, 15) is 0 Å². The van der Waals surface area contributed by atoms with Crippen LogP contribution in [0.15, 0.2) is 61.2 Å². The number of nitrogens with one attached hydrogen (secondary N) is 1. The minimum absolute atomic E-state index is 0.416. The number of anilines is 3. The van der Waals surface area contributed by atoms with Crippen molar-refractivity contribution in [1.29, 1.82) is 0 Å². The second-order valence-corrected chi connectivity index (χ2v) is 11.7. The van der Waals surface area contributed by atoms with Gasteiger partial charge in [0.2, 0.25) is 5.95 Å². The molecular weight excluding hydrogens is 510 g/mol. The number of nitrogens with two attached hydrogens (primary N) is 1. The van der Waals surface area contributed by atoms with Crippen molar-refractivity contribution >= 4 is 39.4 Å². The smallest absolute Gasteiger partial charge is 0.227 e. The lowest BCUT2D eigenvalue weighted by molar-refractivity contribution is 0.0828. The number of nitrogen functional groups attached to an aromatic ring is 1. The van der Waals surface area contributed by atoms with Gasteiger partial charge in [0.25, 0.3) is 0 Å². The highest BCUT2D eigenvalue weighted by atomic mass is 15.3. The minimum Gasteiger partial charge on any atom is -0.383 e. The standard InChI is InChI=1S/C32H37N9/c1-21-3-12-28-23(17-21)18-34-32(38-28)37-24-6-4-22(5-7-24)27-19-41(31-29(27)30(33)35-20-36-31)26-10-8-25(9-11-26)40-15-13-39(2)14-16-40/h3-7,12,17-20,25-26H,8-11,13-16H2,1-2H3,(H2,33,35,36)(H,34,37,38). The van der Waals surface area contributed by atoms with Crippen molar-refractivity contribution in [3.8, 4) is 11.1 Å². The van der Waals surface area contributed by atoms with Gasteiger partial charge in [-0.25, -0.2) is 19.9 Å². The van der Waals surface area contributed by atoms with E-state index in [4.69, 9.17) is 10.7 Å². The number of nitrogens with zero attached hydrogens (tertiary/aromatic N) is 7. The quantitative estimate of drug-likeness (QED) is 0.301. The van der Waals surface area contributed by atoms with Crippen LogP contribution in [0.4, 0.5) is 17.5 Å². The molecule has 0 atom stereocenters. The summed E-state index contributed by atoms with van der Waals surface area (Å²) in [6.07, 6.45) is 10.4. The first-order valence-electron chi connectivity index (χ1n) is 14.7. The van der Waals surface area contributed by atoms with Gasteiger partial charge in [-0.2, -0.15) is 0 Å². The van der Waals surface area contributed by atoms with Crippen LogP contribution in [0.1, 0.15) is 37.3 Å². The lowest BCUT2D eigenvalue weighted by Gasteiger charge is -2.41. The molecule has 1 saturated heterocycles. The number of hydrogen-bond acceptors (Lipinski definition) is 8. The summed E-state index contributed by atoms with van der Waals surface area (Å²) >= 11 is 0. The highest BCUT2D eigenvalue weighted by Gasteiger charge is 2.30. The average molecular weight is 548 g/mol. The molecule has 1 aliphatic heterocycles. The van der Waals surface area contributed by atoms with Crippen molar-refractivity contribution < 1.29 is 0 Å². The van der Waals surface area contributed by atoms with Crippen molar-refractivity contribution in [3.63, 3.8) is 0 Å². The molecule has 3 N–H and O–H groups in total. The minimum atomic E-state index is 0.416. The molecule has 2 fully saturated rings. The topological polar surface area (TPSA) is 101 Å². The van der Waals surface area contributed by atoms with Crippen molar-refractivity contribution in [3.05, 3.63) is 66.7 Å². The predicted octanol–water partition coefficient (Wildman–Crippen LogP) is 5.41. The molecular formula is C32H37N9. The van der Waals surface area contributed by atoms with E-state index < -0.39 is 0 Å². The summed E-state index contributed by atoms with van der Waals surface area (Å²) in [5.41, 5.74) is 12.6. The molecule has 5 aromatic rings. The molecule has 0 spiro atoms. The monoisotopic (exact) mass is 547 g/mol. The van der Waals surface area contributed by atoms with Crippen LogP contribution in [-0.2, 0) is 0 Å². The lowest BCUT2D eigenvalue weighted by Crippen LogP contribution is -2.49. The predicted molar refractivity (Wildman–Crippen MR) is 165 cm³/mol. The number of likely N-dealkylation sites (N-methyl/N-ethyl adjacent to an activating group) is 1. The van der Waals surface area contributed by atoms with Crippen LogP contribution in [0.3, 0.4) is 0 Å². The number of rotatable bonds is 5. The fourth-order valence-corrected chi connectivity index (χ4v) is 6.57. The first-order valence-corrected chi connectivity index (χ1v) is 14.7. The zero-order valence-electron chi connectivity index (χ0n) is 23.8. The van der Waals surface area contributed by atoms with Gasteiger partial charge in [-0.1, -0.05) is 23.8 Å². The first kappa shape index (κ1) is 25.9. The highest BCUT2D eigenvalue weighted by Crippen LogP contribution is 2.39. The van der Waals surface area contributed by atoms with Crippen molar-refractivity contribution in [1.82, 2.24) is 34.3 Å². The summed E-state index contributed by atoms with van der Waals surface area (Å²) in [5.74, 6) is 1.10. The van der Waals surface area contributed by atoms with Crippen LogP contribution in [-0.4, -0.2) is 73.6 Å². The molecule has 1 saturated carbocycles. The number of aromatic nitrogens is 5. The zero-order chi connectivity index (χ0) is 27.9. The summed E-state index contributed by atoms with van der Waals surface area (Å²) in [7, 11) is 2.22. The van der Waals surface area contributed by atoms with Crippen LogP contribution in [0.5, 0.6) is 0 Å². The van der Waals surface area contributed by atoms with Gasteiger partial charge in [-0.15, -0.1) is 0 Å². The maximum atomic E-state index is 6.45. The second kappa shape index (κ2) is 10.7. The highest BCUT2D eigenvalue weighted by molar-refractivity contribution is 6.00. The van der Waals surface area contributed by atoms with Crippen LogP contribution >= 0.6 is 0 Å². The molecule has 41 heavy (non-hydrogen) atoms. The summed E-state index contributed by atoms with van der Waals surface area (Å²) in [4.78, 5) is 23.4. The number of aryl methyl sites for hydroxylation is 1. The Morgan fingerprint density at radius 1 is 0.878 bits per heavy atom. The molecule has 0 amide bonds. The van der Waals surface area contributed by atoms with E-state index in [1.54, 1.807) is 6.33 Å². The fraction of sp³-hybridized carbons (Fsp3) is 0.375. The Balaban J connectivity index is 1.11. The normalized spacial score (nSPS) is 20.5. The SMILES string of the molecule is Cc1ccc2nc(Nc3ccc(-c4cn(C5CCC(N6CCN(C)CC6)CC5)c5ncnc(N)c45)cc3)ncc2c1. The molecule has 210 valence electrons. The third-order valence-electron chi connectivity index (χ3n) is 8.94. The Kier molecular flexibility index (Phi) is 6.76. The third kappa shape index (κ3) is 5.11. The largest absolute Gasteiger partial charge is 0.383 e. The van der Waals surface area contributed by atoms with Crippen LogP contribution < -0.4 is 11.1 Å². The van der Waals surface area contributed by atoms with Gasteiger partial charge < -0.3 is 20.5 Å². The van der Waals surface area contributed by atoms with Crippen LogP contribution in [0, 0.1) is 6.92 Å². The zero-order valence-corrected chi connectivity index (χ0v) is 23.8. The van der Waals surface area contributed by atoms with Gasteiger partial charge in [-0.05, 0) is 69.5 Å². The van der Waals surface area contributed by atoms with Gasteiger partial charge in [-0.3, -0.25) is 4.90 Å². The molecule has 9 heteroatoms. The van der Waals surface area contributed by atoms with E-state index >= 15 is 0 Å². The summed E-state index contributed by atoms with van der Waals surface area (Å²) in [6, 6.07) is 15.6. The van der Waals surface area contributed by atoms with E-state index in [2.05, 4.69) is 91.2 Å². The maximum absolute atomic E-state index is 6.45. The number of benzene rings is 2. The third-order valence-corrected chi connectivity index (χ3v) is 8.94. The van der Waals surface area contributed by atoms with Gasteiger partial charge >= 0.3 is 0 Å². The van der Waals surface area contributed by atoms with Gasteiger partial charge in [0.1, 0.15) is 17.8 Å². The number of piperazine rings is 1. The molecule has 2 aromatic carbocycles. The number of fused-ring (bicyclic) bond motifs is 2. The molecule has 3 aromatic heterocycles. The molecule has 7 rings (SSSR count). The van der Waals surface area contributed by atoms with Gasteiger partial charge in [0.05, 0.1) is 10.9 Å². The molecule has 1 aliphatic carbocycles. The van der Waals surface area contributed by atoms with E-state index in [-0.39, 0.29) is 0 Å². The van der Waals surface area contributed by atoms with Gasteiger partial charge in [0.15, 0.2) is 0 Å². The Labute approximate surface area is 240 Å². The second-order valence-electron chi connectivity index (χ2n) is 11.7.